The van der Waals surface area contributed by atoms with Crippen LogP contribution in [0.4, 0.5) is 127 Å². The van der Waals surface area contributed by atoms with Crippen molar-refractivity contribution in [1.82, 2.24) is 0 Å². The van der Waals surface area contributed by atoms with Gasteiger partial charge in [-0.15, -0.1) is 0 Å². The van der Waals surface area contributed by atoms with Gasteiger partial charge in [-0.1, -0.05) is 0 Å². The van der Waals surface area contributed by atoms with Gasteiger partial charge < -0.3 is 0 Å². The molecule has 0 nitrogen and oxygen atoms in total. The second kappa shape index (κ2) is 17.4. The topological polar surface area (TPSA) is 0 Å². The van der Waals surface area contributed by atoms with E-state index in [4.69, 9.17) is 0 Å². The molecule has 0 aliphatic heterocycles. The van der Waals surface area contributed by atoms with E-state index in [-0.39, 0.29) is 0 Å². The SMILES string of the molecule is Fc1cc(F)c(F)c(-c2c(F)c(F)c(-c3c(F)c(-c4c(F)c(F)c(-c5c(F)c(F)c(F)c(F)c5F)c(F)c4F)c(F)c(-c4c(F)c(F)c(-c5c(F)c(F)c(F)c(F)c5F)c(F)c4F)c3F)c(F)c2F)c1F. The van der Waals surface area contributed by atoms with E-state index in [0.717, 1.165) is 0 Å². The van der Waals surface area contributed by atoms with E-state index in [1.54, 1.807) is 0 Å². The summed E-state index contributed by atoms with van der Waals surface area (Å²) < 4.78 is 439. The molecule has 0 saturated carbocycles. The monoisotopic (exact) mass is 1060 g/mol. The number of benzene rings is 7. The maximum Gasteiger partial charge on any atom is 0.200 e. The van der Waals surface area contributed by atoms with E-state index < -0.39 is 242 Å². The molecule has 0 amide bonds. The standard InChI is InChI=1S/C42HF29/c43-2-1-3(44)17(46)4(16(2)45)8-21(50)23(52)9(24(53)22(8)51)5-18(47)6(10-25(54)29(58)12(30(59)26(10)55)14-33(62)37(66)41(70)38(67)34(14)63)20(49)7(19(5)48)11-27(56)31(60)13(32(61)28(11)57)15-35(64)39(68)42(71)40(69)36(15)65/h1H. The molecule has 0 saturated heterocycles. The van der Waals surface area contributed by atoms with Crippen LogP contribution in [0.25, 0.3) is 66.8 Å². The molecule has 372 valence electrons. The van der Waals surface area contributed by atoms with Crippen LogP contribution in [0, 0.1) is 169 Å². The third-order valence-corrected chi connectivity index (χ3v) is 10.1. The molecule has 0 bridgehead atoms. The molecule has 0 unspecified atom stereocenters. The number of rotatable bonds is 6. The predicted molar refractivity (Wildman–Crippen MR) is 178 cm³/mol. The zero-order valence-electron chi connectivity index (χ0n) is 32.0. The van der Waals surface area contributed by atoms with E-state index >= 15 is 65.9 Å². The molecule has 0 N–H and O–H groups in total. The summed E-state index contributed by atoms with van der Waals surface area (Å²) in [4.78, 5) is 0. The van der Waals surface area contributed by atoms with Crippen molar-refractivity contribution in [1.29, 1.82) is 0 Å². The van der Waals surface area contributed by atoms with Crippen molar-refractivity contribution in [3.8, 4) is 66.8 Å². The molecule has 0 heterocycles. The van der Waals surface area contributed by atoms with Crippen LogP contribution in [0.15, 0.2) is 6.07 Å². The third kappa shape index (κ3) is 7.02. The Hall–Kier alpha value is -7.49. The Morgan fingerprint density at radius 1 is 0.113 bits per heavy atom. The van der Waals surface area contributed by atoms with Gasteiger partial charge in [-0.05, 0) is 0 Å². The molecule has 7 aromatic rings. The summed E-state index contributed by atoms with van der Waals surface area (Å²) >= 11 is 0. The molecule has 7 rings (SSSR count). The lowest BCUT2D eigenvalue weighted by atomic mass is 9.87. The van der Waals surface area contributed by atoms with Crippen LogP contribution in [0.5, 0.6) is 0 Å². The Balaban J connectivity index is 1.70. The summed E-state index contributed by atoms with van der Waals surface area (Å²) in [5.74, 6) is -97.8. The lowest BCUT2D eigenvalue weighted by molar-refractivity contribution is 0.379. The van der Waals surface area contributed by atoms with Gasteiger partial charge in [-0.25, -0.2) is 127 Å². The van der Waals surface area contributed by atoms with Crippen LogP contribution in [-0.2, 0) is 0 Å². The normalized spacial score (nSPS) is 11.7. The molecule has 71 heavy (non-hydrogen) atoms. The van der Waals surface area contributed by atoms with Gasteiger partial charge in [0.2, 0.25) is 11.6 Å². The molecule has 0 fully saturated rings. The minimum absolute atomic E-state index is 0.684. The Morgan fingerprint density at radius 3 is 0.366 bits per heavy atom. The minimum Gasteiger partial charge on any atom is -0.205 e. The lowest BCUT2D eigenvalue weighted by Gasteiger charge is -2.21. The van der Waals surface area contributed by atoms with Gasteiger partial charge in [0.25, 0.3) is 0 Å². The molecule has 0 spiro atoms. The van der Waals surface area contributed by atoms with E-state index in [1.165, 1.54) is 0 Å². The second-order valence-corrected chi connectivity index (χ2v) is 13.8. The third-order valence-electron chi connectivity index (χ3n) is 10.1. The van der Waals surface area contributed by atoms with Crippen molar-refractivity contribution < 1.29 is 127 Å². The fourth-order valence-electron chi connectivity index (χ4n) is 6.98. The van der Waals surface area contributed by atoms with Gasteiger partial charge in [-0.3, -0.25) is 0 Å². The van der Waals surface area contributed by atoms with Crippen LogP contribution in [-0.4, -0.2) is 0 Å². The number of halogens is 29. The highest BCUT2D eigenvalue weighted by atomic mass is 19.2. The van der Waals surface area contributed by atoms with E-state index in [9.17, 15) is 61.5 Å². The first kappa shape index (κ1) is 51.4. The highest BCUT2D eigenvalue weighted by Gasteiger charge is 2.43. The van der Waals surface area contributed by atoms with Crippen LogP contribution >= 0.6 is 0 Å². The Morgan fingerprint density at radius 2 is 0.211 bits per heavy atom. The van der Waals surface area contributed by atoms with Crippen molar-refractivity contribution in [3.05, 3.63) is 175 Å². The van der Waals surface area contributed by atoms with Gasteiger partial charge in [0.05, 0.1) is 66.8 Å². The zero-order valence-corrected chi connectivity index (χ0v) is 32.0. The maximum absolute atomic E-state index is 16.7. The molecular weight excluding hydrogens is 1060 g/mol. The van der Waals surface area contributed by atoms with Crippen molar-refractivity contribution >= 4 is 0 Å². The molecule has 0 aliphatic carbocycles. The summed E-state index contributed by atoms with van der Waals surface area (Å²) in [7, 11) is 0. The van der Waals surface area contributed by atoms with Crippen molar-refractivity contribution in [2.24, 2.45) is 0 Å². The Bertz CT molecular complexity index is 3240. The van der Waals surface area contributed by atoms with E-state index in [0.29, 0.717) is 0 Å². The molecule has 0 radical (unpaired) electrons. The van der Waals surface area contributed by atoms with E-state index in [2.05, 4.69) is 0 Å². The molecule has 0 atom stereocenters. The fraction of sp³-hybridized carbons (Fsp3) is 0. The number of hydrogen-bond acceptors (Lipinski definition) is 0. The molecule has 0 aromatic heterocycles. The van der Waals surface area contributed by atoms with Gasteiger partial charge in [0.1, 0.15) is 17.5 Å². The van der Waals surface area contributed by atoms with Crippen molar-refractivity contribution in [3.63, 3.8) is 0 Å². The highest BCUT2D eigenvalue weighted by Crippen LogP contribution is 2.51. The Labute approximate surface area is 369 Å². The maximum atomic E-state index is 16.7. The van der Waals surface area contributed by atoms with Crippen LogP contribution in [0.3, 0.4) is 0 Å². The van der Waals surface area contributed by atoms with Gasteiger partial charge in [0.15, 0.2) is 140 Å². The summed E-state index contributed by atoms with van der Waals surface area (Å²) in [6.45, 7) is 0. The minimum atomic E-state index is -3.75. The van der Waals surface area contributed by atoms with Crippen LogP contribution < -0.4 is 0 Å². The molecule has 29 heteroatoms. The van der Waals surface area contributed by atoms with Gasteiger partial charge in [0, 0.05) is 6.07 Å². The Kier molecular flexibility index (Phi) is 12.6. The average Bonchev–Trinajstić information content (AvgIpc) is 3.32. The van der Waals surface area contributed by atoms with Crippen molar-refractivity contribution in [2.45, 2.75) is 0 Å². The quantitative estimate of drug-likeness (QED) is 0.0885. The van der Waals surface area contributed by atoms with Crippen LogP contribution in [0.1, 0.15) is 0 Å². The smallest absolute Gasteiger partial charge is 0.200 e. The summed E-state index contributed by atoms with van der Waals surface area (Å²) in [5, 5.41) is 0. The summed E-state index contributed by atoms with van der Waals surface area (Å²) in [6.07, 6.45) is 0. The fourth-order valence-corrected chi connectivity index (χ4v) is 6.98. The second-order valence-electron chi connectivity index (χ2n) is 13.8. The predicted octanol–water partition coefficient (Wildman–Crippen LogP) is 15.7. The first-order valence-corrected chi connectivity index (χ1v) is 17.6. The van der Waals surface area contributed by atoms with E-state index in [1.807, 2.05) is 0 Å². The number of hydrogen-bond donors (Lipinski definition) is 0. The van der Waals surface area contributed by atoms with Gasteiger partial charge in [-0.2, -0.15) is 0 Å². The van der Waals surface area contributed by atoms with Crippen LogP contribution in [0.2, 0.25) is 0 Å². The lowest BCUT2D eigenvalue weighted by Crippen LogP contribution is -2.14. The highest BCUT2D eigenvalue weighted by molar-refractivity contribution is 5.87. The molecular formula is C42HF29. The molecule has 0 aliphatic rings. The summed E-state index contributed by atoms with van der Waals surface area (Å²) in [5.41, 5.74) is -38.1. The molecule has 7 aromatic carbocycles. The summed E-state index contributed by atoms with van der Waals surface area (Å²) in [6, 6.07) is -0.684. The first-order chi connectivity index (χ1) is 32.9. The van der Waals surface area contributed by atoms with Crippen molar-refractivity contribution in [2.75, 3.05) is 0 Å². The average molecular weight is 1060 g/mol. The zero-order chi connectivity index (χ0) is 53.4. The first-order valence-electron chi connectivity index (χ1n) is 17.6. The largest absolute Gasteiger partial charge is 0.205 e. The van der Waals surface area contributed by atoms with Gasteiger partial charge >= 0.3 is 0 Å².